The first-order valence-electron chi connectivity index (χ1n) is 5.04. The number of pyridine rings is 1. The third-order valence-corrected chi connectivity index (χ3v) is 3.45. The lowest BCUT2D eigenvalue weighted by atomic mass is 10.2. The zero-order valence-corrected chi connectivity index (χ0v) is 13.1. The molecule has 6 nitrogen and oxygen atoms in total. The first kappa shape index (κ1) is 14.0. The fraction of sp³-hybridized carbons (Fsp3) is 0.182. The van der Waals surface area contributed by atoms with Crippen molar-refractivity contribution in [3.05, 3.63) is 32.5 Å². The molecule has 0 spiro atoms. The average molecular weight is 392 g/mol. The monoisotopic (exact) mass is 390 g/mol. The van der Waals surface area contributed by atoms with Gasteiger partial charge in [0.15, 0.2) is 5.69 Å². The second-order valence-electron chi connectivity index (χ2n) is 3.50. The lowest BCUT2D eigenvalue weighted by Crippen LogP contribution is -2.10. The van der Waals surface area contributed by atoms with Crippen LogP contribution in [-0.2, 0) is 9.47 Å². The van der Waals surface area contributed by atoms with Crippen molar-refractivity contribution in [1.82, 2.24) is 9.61 Å². The Bertz CT molecular complexity index is 681. The summed E-state index contributed by atoms with van der Waals surface area (Å²) in [4.78, 5) is 23.5. The Morgan fingerprint density at radius 2 is 1.79 bits per heavy atom. The molecule has 0 aliphatic carbocycles. The van der Waals surface area contributed by atoms with Crippen LogP contribution in [0.4, 0.5) is 0 Å². The number of methoxy groups -OCH3 is 2. The molecule has 0 aliphatic heterocycles. The minimum atomic E-state index is -0.702. The van der Waals surface area contributed by atoms with Gasteiger partial charge in [-0.2, -0.15) is 5.10 Å². The van der Waals surface area contributed by atoms with Crippen molar-refractivity contribution in [2.24, 2.45) is 0 Å². The molecular weight excluding hydrogens is 384 g/mol. The lowest BCUT2D eigenvalue weighted by molar-refractivity contribution is 0.0553. The Hall–Kier alpha value is -1.41. The van der Waals surface area contributed by atoms with Crippen molar-refractivity contribution in [2.45, 2.75) is 0 Å². The van der Waals surface area contributed by atoms with Crippen LogP contribution in [0, 0.1) is 0 Å². The Kier molecular flexibility index (Phi) is 3.91. The summed E-state index contributed by atoms with van der Waals surface area (Å²) in [5.41, 5.74) is 0.415. The van der Waals surface area contributed by atoms with Gasteiger partial charge in [0.25, 0.3) is 0 Å². The van der Waals surface area contributed by atoms with E-state index in [1.807, 2.05) is 0 Å². The van der Waals surface area contributed by atoms with E-state index in [1.54, 1.807) is 12.1 Å². The molecule has 0 aliphatic rings. The van der Waals surface area contributed by atoms with Crippen molar-refractivity contribution >= 4 is 49.3 Å². The summed E-state index contributed by atoms with van der Waals surface area (Å²) in [6.07, 6.45) is 0. The Morgan fingerprint density at radius 3 is 2.37 bits per heavy atom. The molecule has 2 aromatic rings. The predicted octanol–water partition coefficient (Wildman–Crippen LogP) is 2.43. The predicted molar refractivity (Wildman–Crippen MR) is 73.3 cm³/mol. The molecule has 19 heavy (non-hydrogen) atoms. The van der Waals surface area contributed by atoms with Gasteiger partial charge in [0.2, 0.25) is 0 Å². The molecule has 0 amide bonds. The number of fused-ring (bicyclic) bond motifs is 1. The van der Waals surface area contributed by atoms with Crippen LogP contribution in [0.25, 0.3) is 5.52 Å². The second kappa shape index (κ2) is 5.30. The Balaban J connectivity index is 2.85. The molecule has 0 saturated heterocycles. The fourth-order valence-electron chi connectivity index (χ4n) is 1.62. The van der Waals surface area contributed by atoms with Gasteiger partial charge in [-0.1, -0.05) is 15.9 Å². The Labute approximate surface area is 124 Å². The molecule has 2 heterocycles. The van der Waals surface area contributed by atoms with Gasteiger partial charge in [0.05, 0.1) is 19.7 Å². The van der Waals surface area contributed by atoms with Crippen molar-refractivity contribution in [2.75, 3.05) is 14.2 Å². The van der Waals surface area contributed by atoms with E-state index in [2.05, 4.69) is 46.4 Å². The van der Waals surface area contributed by atoms with E-state index in [4.69, 9.17) is 0 Å². The number of aromatic nitrogens is 2. The number of hydrogen-bond acceptors (Lipinski definition) is 5. The van der Waals surface area contributed by atoms with Gasteiger partial charge in [-0.3, -0.25) is 0 Å². The van der Waals surface area contributed by atoms with Gasteiger partial charge in [-0.05, 0) is 28.1 Å². The summed E-state index contributed by atoms with van der Waals surface area (Å²) in [6, 6.07) is 3.40. The first-order chi connectivity index (χ1) is 8.99. The highest BCUT2D eigenvalue weighted by Gasteiger charge is 2.27. The van der Waals surface area contributed by atoms with Crippen LogP contribution in [0.5, 0.6) is 0 Å². The molecule has 8 heteroatoms. The van der Waals surface area contributed by atoms with Crippen molar-refractivity contribution in [3.63, 3.8) is 0 Å². The maximum Gasteiger partial charge on any atom is 0.359 e. The highest BCUT2D eigenvalue weighted by Crippen LogP contribution is 2.26. The van der Waals surface area contributed by atoms with E-state index < -0.39 is 11.9 Å². The van der Waals surface area contributed by atoms with Crippen LogP contribution in [0.2, 0.25) is 0 Å². The third kappa shape index (κ3) is 2.37. The van der Waals surface area contributed by atoms with Gasteiger partial charge in [-0.25, -0.2) is 14.1 Å². The maximum atomic E-state index is 11.8. The number of esters is 2. The first-order valence-corrected chi connectivity index (χ1v) is 6.62. The van der Waals surface area contributed by atoms with Crippen LogP contribution >= 0.6 is 31.9 Å². The van der Waals surface area contributed by atoms with E-state index >= 15 is 0 Å². The van der Waals surface area contributed by atoms with Gasteiger partial charge in [-0.15, -0.1) is 0 Å². The number of carbonyl (C=O) groups is 2. The molecule has 0 unspecified atom stereocenters. The molecule has 2 rings (SSSR count). The van der Waals surface area contributed by atoms with Crippen LogP contribution in [-0.4, -0.2) is 35.8 Å². The zero-order chi connectivity index (χ0) is 14.2. The molecule has 0 atom stereocenters. The SMILES string of the molecule is COC(=O)c1nn2c(Br)cc(Br)cc2c1C(=O)OC. The summed E-state index contributed by atoms with van der Waals surface area (Å²) in [6.45, 7) is 0. The number of ether oxygens (including phenoxy) is 2. The van der Waals surface area contributed by atoms with Gasteiger partial charge in [0.1, 0.15) is 10.2 Å². The van der Waals surface area contributed by atoms with Crippen LogP contribution in [0.3, 0.4) is 0 Å². The summed E-state index contributed by atoms with van der Waals surface area (Å²) in [5, 5.41) is 4.07. The normalized spacial score (nSPS) is 10.5. The van der Waals surface area contributed by atoms with E-state index in [1.165, 1.54) is 18.7 Å². The van der Waals surface area contributed by atoms with Crippen LogP contribution in [0.15, 0.2) is 21.2 Å². The molecule has 0 N–H and O–H groups in total. The molecule has 0 bridgehead atoms. The number of nitrogens with zero attached hydrogens (tertiary/aromatic N) is 2. The van der Waals surface area contributed by atoms with Crippen molar-refractivity contribution in [3.8, 4) is 0 Å². The highest BCUT2D eigenvalue weighted by molar-refractivity contribution is 9.11. The zero-order valence-electron chi connectivity index (χ0n) is 9.94. The molecule has 2 aromatic heterocycles. The Morgan fingerprint density at radius 1 is 1.16 bits per heavy atom. The summed E-state index contributed by atoms with van der Waals surface area (Å²) < 4.78 is 12.0. The second-order valence-corrected chi connectivity index (χ2v) is 5.23. The van der Waals surface area contributed by atoms with Crippen molar-refractivity contribution in [1.29, 1.82) is 0 Å². The minimum absolute atomic E-state index is 0.0661. The van der Waals surface area contributed by atoms with E-state index in [0.717, 1.165) is 4.47 Å². The quantitative estimate of drug-likeness (QED) is 0.580. The standard InChI is InChI=1S/C11H8Br2N2O4/c1-18-10(16)8-6-3-5(12)4-7(13)15(6)14-9(8)11(17)19-2/h3-4H,1-2H3. The molecule has 0 radical (unpaired) electrons. The fourth-order valence-corrected chi connectivity index (χ4v) is 2.88. The maximum absolute atomic E-state index is 11.8. The average Bonchev–Trinajstić information content (AvgIpc) is 2.76. The van der Waals surface area contributed by atoms with E-state index in [0.29, 0.717) is 10.1 Å². The largest absolute Gasteiger partial charge is 0.465 e. The molecule has 0 saturated carbocycles. The molecule has 0 fully saturated rings. The number of hydrogen-bond donors (Lipinski definition) is 0. The molecular formula is C11H8Br2N2O4. The minimum Gasteiger partial charge on any atom is -0.465 e. The number of halogens is 2. The topological polar surface area (TPSA) is 69.9 Å². The number of rotatable bonds is 2. The summed E-state index contributed by atoms with van der Waals surface area (Å²) in [7, 11) is 2.46. The smallest absolute Gasteiger partial charge is 0.359 e. The van der Waals surface area contributed by atoms with E-state index in [9.17, 15) is 9.59 Å². The van der Waals surface area contributed by atoms with Gasteiger partial charge >= 0.3 is 11.9 Å². The lowest BCUT2D eigenvalue weighted by Gasteiger charge is -2.01. The highest BCUT2D eigenvalue weighted by atomic mass is 79.9. The van der Waals surface area contributed by atoms with Gasteiger partial charge < -0.3 is 9.47 Å². The van der Waals surface area contributed by atoms with Crippen LogP contribution < -0.4 is 0 Å². The summed E-state index contributed by atoms with van der Waals surface area (Å²) in [5.74, 6) is -1.35. The van der Waals surface area contributed by atoms with E-state index in [-0.39, 0.29) is 11.3 Å². The van der Waals surface area contributed by atoms with Crippen molar-refractivity contribution < 1.29 is 19.1 Å². The molecule has 0 aromatic carbocycles. The van der Waals surface area contributed by atoms with Gasteiger partial charge in [0, 0.05) is 4.47 Å². The number of carbonyl (C=O) groups excluding carboxylic acids is 2. The third-order valence-electron chi connectivity index (χ3n) is 2.42. The summed E-state index contributed by atoms with van der Waals surface area (Å²) >= 11 is 6.62. The van der Waals surface area contributed by atoms with Crippen LogP contribution in [0.1, 0.15) is 20.8 Å². The molecule has 100 valence electrons.